The molecule has 72 valence electrons. The zero-order valence-electron chi connectivity index (χ0n) is 8.03. The van der Waals surface area contributed by atoms with Crippen LogP contribution in [0.5, 0.6) is 0 Å². The normalized spacial score (nSPS) is 10.9. The van der Waals surface area contributed by atoms with Crippen molar-refractivity contribution in [1.82, 2.24) is 0 Å². The zero-order chi connectivity index (χ0) is 10.3. The Kier molecular flexibility index (Phi) is 6.02. The lowest BCUT2D eigenvalue weighted by Crippen LogP contribution is -2.06. The Hall–Kier alpha value is -0.990. The number of nitrogens with zero attached hydrogens (tertiary/aromatic N) is 1. The first-order chi connectivity index (χ1) is 6.11. The Morgan fingerprint density at radius 2 is 2.31 bits per heavy atom. The van der Waals surface area contributed by atoms with Gasteiger partial charge in [0.15, 0.2) is 5.70 Å². The molecule has 0 aromatic carbocycles. The number of isothiocyanates is 1. The maximum absolute atomic E-state index is 11.2. The predicted molar refractivity (Wildman–Crippen MR) is 54.6 cm³/mol. The van der Waals surface area contributed by atoms with E-state index in [1.165, 1.54) is 0 Å². The molecule has 0 aromatic heterocycles. The molecular weight excluding hydrogens is 186 g/mol. The van der Waals surface area contributed by atoms with Crippen LogP contribution in [0.1, 0.15) is 20.8 Å². The molecule has 0 fully saturated rings. The Labute approximate surface area is 83.5 Å². The molecule has 0 atom stereocenters. The lowest BCUT2D eigenvalue weighted by molar-refractivity contribution is -0.138. The largest absolute Gasteiger partial charge is 0.461 e. The van der Waals surface area contributed by atoms with Crippen molar-refractivity contribution < 1.29 is 9.53 Å². The van der Waals surface area contributed by atoms with Gasteiger partial charge in [-0.1, -0.05) is 13.8 Å². The summed E-state index contributed by atoms with van der Waals surface area (Å²) in [4.78, 5) is 14.8. The fraction of sp³-hybridized carbons (Fsp3) is 0.556. The molecule has 0 N–H and O–H groups in total. The van der Waals surface area contributed by atoms with Gasteiger partial charge in [0, 0.05) is 0 Å². The van der Waals surface area contributed by atoms with E-state index in [2.05, 4.69) is 22.4 Å². The van der Waals surface area contributed by atoms with E-state index in [1.807, 2.05) is 13.8 Å². The molecule has 3 nitrogen and oxygen atoms in total. The SMILES string of the molecule is CCOC(=O)C(=CC(C)C)N=C=S. The minimum atomic E-state index is -0.450. The fourth-order valence-electron chi connectivity index (χ4n) is 0.721. The van der Waals surface area contributed by atoms with Gasteiger partial charge in [0.25, 0.3) is 0 Å². The minimum Gasteiger partial charge on any atom is -0.461 e. The van der Waals surface area contributed by atoms with Crippen LogP contribution in [0, 0.1) is 5.92 Å². The number of allylic oxidation sites excluding steroid dienone is 1. The van der Waals surface area contributed by atoms with E-state index >= 15 is 0 Å². The van der Waals surface area contributed by atoms with Gasteiger partial charge in [-0.25, -0.2) is 4.79 Å². The summed E-state index contributed by atoms with van der Waals surface area (Å²) in [6.45, 7) is 5.96. The number of carbonyl (C=O) groups is 1. The molecule has 0 bridgehead atoms. The molecule has 0 unspecified atom stereocenters. The first kappa shape index (κ1) is 12.0. The molecule has 0 amide bonds. The molecular formula is C9H13NO2S. The Bertz CT molecular complexity index is 252. The average Bonchev–Trinajstić information content (AvgIpc) is 2.03. The van der Waals surface area contributed by atoms with E-state index in [9.17, 15) is 4.79 Å². The molecule has 0 heterocycles. The quantitative estimate of drug-likeness (QED) is 0.301. The first-order valence-electron chi connectivity index (χ1n) is 4.08. The van der Waals surface area contributed by atoms with E-state index in [4.69, 9.17) is 4.74 Å². The van der Waals surface area contributed by atoms with Gasteiger partial charge in [-0.05, 0) is 31.1 Å². The summed E-state index contributed by atoms with van der Waals surface area (Å²) in [6, 6.07) is 0. The van der Waals surface area contributed by atoms with Gasteiger partial charge >= 0.3 is 5.97 Å². The topological polar surface area (TPSA) is 38.7 Å². The second-order valence-corrected chi connectivity index (χ2v) is 2.90. The average molecular weight is 199 g/mol. The molecule has 0 saturated heterocycles. The number of rotatable bonds is 4. The summed E-state index contributed by atoms with van der Waals surface area (Å²) in [5.74, 6) is -0.222. The maximum Gasteiger partial charge on any atom is 0.357 e. The van der Waals surface area contributed by atoms with Crippen LogP contribution in [-0.2, 0) is 9.53 Å². The lowest BCUT2D eigenvalue weighted by Gasteiger charge is -2.01. The number of hydrogen-bond donors (Lipinski definition) is 0. The van der Waals surface area contributed by atoms with Crippen LogP contribution >= 0.6 is 12.2 Å². The Morgan fingerprint density at radius 3 is 2.69 bits per heavy atom. The van der Waals surface area contributed by atoms with Crippen LogP contribution in [0.15, 0.2) is 16.8 Å². The van der Waals surface area contributed by atoms with E-state index in [1.54, 1.807) is 13.0 Å². The number of thiocarbonyl (C=S) groups is 1. The first-order valence-corrected chi connectivity index (χ1v) is 4.49. The highest BCUT2D eigenvalue weighted by molar-refractivity contribution is 7.78. The van der Waals surface area contributed by atoms with E-state index < -0.39 is 5.97 Å². The van der Waals surface area contributed by atoms with Crippen LogP contribution in [0.3, 0.4) is 0 Å². The molecule has 0 aliphatic rings. The Morgan fingerprint density at radius 1 is 1.69 bits per heavy atom. The van der Waals surface area contributed by atoms with Crippen molar-refractivity contribution in [1.29, 1.82) is 0 Å². The maximum atomic E-state index is 11.2. The molecule has 0 rings (SSSR count). The molecule has 0 radical (unpaired) electrons. The number of ether oxygens (including phenoxy) is 1. The van der Waals surface area contributed by atoms with Gasteiger partial charge in [0.1, 0.15) is 0 Å². The Balaban J connectivity index is 4.60. The highest BCUT2D eigenvalue weighted by Crippen LogP contribution is 2.05. The summed E-state index contributed by atoms with van der Waals surface area (Å²) in [7, 11) is 0. The van der Waals surface area contributed by atoms with Gasteiger partial charge in [-0.3, -0.25) is 0 Å². The second-order valence-electron chi connectivity index (χ2n) is 2.72. The van der Waals surface area contributed by atoms with Crippen molar-refractivity contribution in [2.45, 2.75) is 20.8 Å². The lowest BCUT2D eigenvalue weighted by atomic mass is 10.2. The molecule has 0 saturated carbocycles. The van der Waals surface area contributed by atoms with E-state index in [0.29, 0.717) is 6.61 Å². The molecule has 0 aliphatic heterocycles. The summed E-state index contributed by atoms with van der Waals surface area (Å²) in [6.07, 6.45) is 1.69. The van der Waals surface area contributed by atoms with Crippen LogP contribution in [-0.4, -0.2) is 17.7 Å². The van der Waals surface area contributed by atoms with Crippen LogP contribution in [0.2, 0.25) is 0 Å². The zero-order valence-corrected chi connectivity index (χ0v) is 8.85. The molecule has 0 aliphatic carbocycles. The molecule has 4 heteroatoms. The highest BCUT2D eigenvalue weighted by atomic mass is 32.1. The summed E-state index contributed by atoms with van der Waals surface area (Å²) >= 11 is 4.42. The van der Waals surface area contributed by atoms with Crippen LogP contribution < -0.4 is 0 Å². The third-order valence-electron chi connectivity index (χ3n) is 1.14. The number of aliphatic imine (C=N–C) groups is 1. The number of hydrogen-bond acceptors (Lipinski definition) is 4. The van der Waals surface area contributed by atoms with E-state index in [0.717, 1.165) is 0 Å². The van der Waals surface area contributed by atoms with Gasteiger partial charge in [0.2, 0.25) is 0 Å². The minimum absolute atomic E-state index is 0.228. The highest BCUT2D eigenvalue weighted by Gasteiger charge is 2.08. The third-order valence-corrected chi connectivity index (χ3v) is 1.23. The van der Waals surface area contributed by atoms with Crippen molar-refractivity contribution in [2.75, 3.05) is 6.61 Å². The van der Waals surface area contributed by atoms with E-state index in [-0.39, 0.29) is 11.6 Å². The molecule has 0 spiro atoms. The van der Waals surface area contributed by atoms with Crippen LogP contribution in [0.25, 0.3) is 0 Å². The van der Waals surface area contributed by atoms with Gasteiger partial charge in [0.05, 0.1) is 11.8 Å². The number of carbonyl (C=O) groups excluding carboxylic acids is 1. The second kappa shape index (κ2) is 6.52. The fourth-order valence-corrected chi connectivity index (χ4v) is 0.819. The van der Waals surface area contributed by atoms with Gasteiger partial charge in [-0.15, -0.1) is 0 Å². The third kappa shape index (κ3) is 5.28. The molecule has 13 heavy (non-hydrogen) atoms. The monoisotopic (exact) mass is 199 g/mol. The summed E-state index contributed by atoms with van der Waals surface area (Å²) in [5.41, 5.74) is 0.229. The van der Waals surface area contributed by atoms with Crippen molar-refractivity contribution in [2.24, 2.45) is 10.9 Å². The standard InChI is InChI=1S/C9H13NO2S/c1-4-12-9(11)8(10-6-13)5-7(2)3/h5,7H,4H2,1-3H3. The summed E-state index contributed by atoms with van der Waals surface area (Å²) in [5, 5.41) is 2.15. The molecule has 0 aromatic rings. The van der Waals surface area contributed by atoms with Crippen molar-refractivity contribution in [3.63, 3.8) is 0 Å². The van der Waals surface area contributed by atoms with Crippen LogP contribution in [0.4, 0.5) is 0 Å². The predicted octanol–water partition coefficient (Wildman–Crippen LogP) is 2.19. The van der Waals surface area contributed by atoms with Crippen molar-refractivity contribution >= 4 is 23.3 Å². The van der Waals surface area contributed by atoms with Crippen molar-refractivity contribution in [3.05, 3.63) is 11.8 Å². The van der Waals surface area contributed by atoms with Gasteiger partial charge in [-0.2, -0.15) is 4.99 Å². The van der Waals surface area contributed by atoms with Crippen molar-refractivity contribution in [3.8, 4) is 0 Å². The summed E-state index contributed by atoms with van der Waals surface area (Å²) < 4.78 is 4.77. The smallest absolute Gasteiger partial charge is 0.357 e. The van der Waals surface area contributed by atoms with Gasteiger partial charge < -0.3 is 4.74 Å². The number of esters is 1.